The summed E-state index contributed by atoms with van der Waals surface area (Å²) in [6.45, 7) is 19.8. The zero-order chi connectivity index (χ0) is 28.2. The molecule has 5 rings (SSSR count). The SMILES string of the molecule is CCC1=C(C)c2cc3[nH]c(c(C)c3CC)c(CC)c3[nH]c(cc4[nH+]c(c(O)c1[nH+]2)C(CC)=C4C)c(CC)c3C. The van der Waals surface area contributed by atoms with Crippen LogP contribution < -0.4 is 9.97 Å². The van der Waals surface area contributed by atoms with Crippen LogP contribution in [0.3, 0.4) is 0 Å². The Morgan fingerprint density at radius 3 is 1.31 bits per heavy atom. The largest absolute Gasteiger partial charge is 0.498 e. The van der Waals surface area contributed by atoms with Gasteiger partial charge in [-0.25, -0.2) is 9.97 Å². The van der Waals surface area contributed by atoms with Gasteiger partial charge in [0, 0.05) is 56.5 Å². The van der Waals surface area contributed by atoms with E-state index in [0.717, 1.165) is 77.1 Å². The number of rotatable bonds is 5. The molecule has 0 saturated carbocycles. The number of aromatic nitrogens is 4. The van der Waals surface area contributed by atoms with Crippen LogP contribution in [0.2, 0.25) is 0 Å². The number of aryl methyl sites for hydroxylation is 5. The fraction of sp³-hybridized carbons (Fsp3) is 0.412. The highest BCUT2D eigenvalue weighted by Crippen LogP contribution is 2.40. The molecular formula is C34H44N4O+2. The van der Waals surface area contributed by atoms with Gasteiger partial charge in [-0.15, -0.1) is 0 Å². The molecule has 0 aromatic carbocycles. The Balaban J connectivity index is 2.09. The molecule has 0 spiro atoms. The van der Waals surface area contributed by atoms with Crippen LogP contribution >= 0.6 is 0 Å². The zero-order valence-corrected chi connectivity index (χ0v) is 25.1. The molecular weight excluding hydrogens is 480 g/mol. The maximum Gasteiger partial charge on any atom is 0.261 e. The van der Waals surface area contributed by atoms with Gasteiger partial charge in [-0.3, -0.25) is 0 Å². The monoisotopic (exact) mass is 524 g/mol. The predicted octanol–water partition coefficient (Wildman–Crippen LogP) is 7.84. The van der Waals surface area contributed by atoms with Crippen molar-refractivity contribution in [1.29, 1.82) is 0 Å². The first-order valence-corrected chi connectivity index (χ1v) is 14.7. The molecule has 5 heterocycles. The highest BCUT2D eigenvalue weighted by molar-refractivity contribution is 5.95. The molecule has 3 aromatic rings. The van der Waals surface area contributed by atoms with Gasteiger partial charge < -0.3 is 15.1 Å². The summed E-state index contributed by atoms with van der Waals surface area (Å²) in [6.07, 6.45) is 4.49. The Bertz CT molecular complexity index is 1600. The van der Waals surface area contributed by atoms with E-state index in [4.69, 9.17) is 0 Å². The first-order valence-electron chi connectivity index (χ1n) is 14.7. The lowest BCUT2D eigenvalue weighted by Crippen LogP contribution is -2.11. The van der Waals surface area contributed by atoms with Crippen molar-refractivity contribution >= 4 is 44.4 Å². The standard InChI is InChI=1S/C34H42N4O/c1-10-21-19(8)30-25(14-5)31-20(9)22(11-2)29(38-31)16-27-18(7)24(13-4)33(36-27)34(39)32-23(12-3)17(6)26(35-32)15-28(21)37-30/h15-16,37-39H,10-14H2,1-9H3/p+2. The number of H-pyrrole nitrogens is 4. The fourth-order valence-electron chi connectivity index (χ4n) is 6.85. The van der Waals surface area contributed by atoms with E-state index in [2.05, 4.69) is 94.4 Å². The number of aromatic hydroxyl groups is 1. The number of nitrogens with one attached hydrogen (secondary N) is 4. The van der Waals surface area contributed by atoms with Crippen molar-refractivity contribution < 1.29 is 15.1 Å². The molecule has 0 fully saturated rings. The van der Waals surface area contributed by atoms with E-state index < -0.39 is 0 Å². The summed E-state index contributed by atoms with van der Waals surface area (Å²) < 4.78 is 0. The smallest absolute Gasteiger partial charge is 0.261 e. The summed E-state index contributed by atoms with van der Waals surface area (Å²) in [6, 6.07) is 4.48. The second-order valence-corrected chi connectivity index (χ2v) is 11.0. The lowest BCUT2D eigenvalue weighted by molar-refractivity contribution is -0.390. The maximum atomic E-state index is 11.8. The van der Waals surface area contributed by atoms with Crippen molar-refractivity contribution in [3.63, 3.8) is 0 Å². The van der Waals surface area contributed by atoms with Crippen molar-refractivity contribution in [3.05, 3.63) is 62.7 Å². The van der Waals surface area contributed by atoms with Crippen LogP contribution in [0, 0.1) is 13.8 Å². The first kappa shape index (κ1) is 27.0. The quantitative estimate of drug-likeness (QED) is 0.312. The minimum atomic E-state index is 0.293. The normalized spacial score (nSPS) is 13.7. The molecule has 204 valence electrons. The van der Waals surface area contributed by atoms with Gasteiger partial charge in [-0.1, -0.05) is 34.6 Å². The maximum absolute atomic E-state index is 11.8. The number of aromatic amines is 4. The van der Waals surface area contributed by atoms with E-state index in [0.29, 0.717) is 5.75 Å². The predicted molar refractivity (Wildman–Crippen MR) is 163 cm³/mol. The Hall–Kier alpha value is -3.60. The summed E-state index contributed by atoms with van der Waals surface area (Å²) in [7, 11) is 0. The topological polar surface area (TPSA) is 80.1 Å². The summed E-state index contributed by atoms with van der Waals surface area (Å²) in [5, 5.41) is 11.8. The second-order valence-electron chi connectivity index (χ2n) is 11.0. The van der Waals surface area contributed by atoms with Crippen LogP contribution in [0.1, 0.15) is 112 Å². The second kappa shape index (κ2) is 10.2. The van der Waals surface area contributed by atoms with E-state index in [-0.39, 0.29) is 0 Å². The Kier molecular flexibility index (Phi) is 7.04. The summed E-state index contributed by atoms with van der Waals surface area (Å²) >= 11 is 0. The average molecular weight is 525 g/mol. The lowest BCUT2D eigenvalue weighted by atomic mass is 9.99. The highest BCUT2D eigenvalue weighted by Gasteiger charge is 2.33. The molecule has 2 aliphatic rings. The number of allylic oxidation sites excluding steroid dienone is 4. The number of hydrogen-bond acceptors (Lipinski definition) is 1. The third-order valence-corrected chi connectivity index (χ3v) is 9.08. The van der Waals surface area contributed by atoms with Crippen LogP contribution in [-0.4, -0.2) is 15.1 Å². The Morgan fingerprint density at radius 1 is 0.590 bits per heavy atom. The minimum Gasteiger partial charge on any atom is -0.498 e. The van der Waals surface area contributed by atoms with Gasteiger partial charge in [-0.05, 0) is 87.6 Å². The highest BCUT2D eigenvalue weighted by atomic mass is 16.3. The molecule has 0 amide bonds. The molecule has 0 unspecified atom stereocenters. The van der Waals surface area contributed by atoms with Gasteiger partial charge in [-0.2, -0.15) is 0 Å². The van der Waals surface area contributed by atoms with Gasteiger partial charge in [0.2, 0.25) is 11.4 Å². The van der Waals surface area contributed by atoms with Crippen LogP contribution in [0.15, 0.2) is 12.1 Å². The van der Waals surface area contributed by atoms with Gasteiger partial charge in [0.25, 0.3) is 17.1 Å². The molecule has 2 aliphatic heterocycles. The van der Waals surface area contributed by atoms with Gasteiger partial charge in [0.05, 0.1) is 0 Å². The number of hydrogen-bond donors (Lipinski definition) is 3. The Morgan fingerprint density at radius 2 is 0.974 bits per heavy atom. The van der Waals surface area contributed by atoms with Crippen LogP contribution in [0.25, 0.3) is 44.4 Å². The van der Waals surface area contributed by atoms with E-state index in [1.807, 2.05) is 0 Å². The van der Waals surface area contributed by atoms with E-state index in [1.54, 1.807) is 0 Å². The van der Waals surface area contributed by atoms with E-state index in [9.17, 15) is 5.11 Å². The van der Waals surface area contributed by atoms with Gasteiger partial charge in [0.15, 0.2) is 0 Å². The summed E-state index contributed by atoms with van der Waals surface area (Å²) in [5.41, 5.74) is 19.7. The molecule has 0 aliphatic carbocycles. The molecule has 8 bridgehead atoms. The third kappa shape index (κ3) is 4.05. The Labute approximate surface area is 232 Å². The van der Waals surface area contributed by atoms with Crippen LogP contribution in [0.4, 0.5) is 0 Å². The zero-order valence-electron chi connectivity index (χ0n) is 25.1. The molecule has 0 atom stereocenters. The minimum absolute atomic E-state index is 0.293. The molecule has 0 radical (unpaired) electrons. The fourth-order valence-corrected chi connectivity index (χ4v) is 6.85. The molecule has 5 nitrogen and oxygen atoms in total. The molecule has 3 aromatic heterocycles. The summed E-state index contributed by atoms with van der Waals surface area (Å²) in [5.74, 6) is 0.293. The van der Waals surface area contributed by atoms with Crippen molar-refractivity contribution in [2.45, 2.75) is 94.4 Å². The lowest BCUT2D eigenvalue weighted by Gasteiger charge is -2.02. The third-order valence-electron chi connectivity index (χ3n) is 9.08. The van der Waals surface area contributed by atoms with E-state index >= 15 is 0 Å². The molecule has 5 heteroatoms. The van der Waals surface area contributed by atoms with Crippen molar-refractivity contribution in [3.8, 4) is 5.75 Å². The van der Waals surface area contributed by atoms with Crippen molar-refractivity contribution in [1.82, 2.24) is 9.97 Å². The van der Waals surface area contributed by atoms with Gasteiger partial charge in [0.1, 0.15) is 0 Å². The van der Waals surface area contributed by atoms with Crippen molar-refractivity contribution in [2.75, 3.05) is 0 Å². The van der Waals surface area contributed by atoms with Crippen LogP contribution in [-0.2, 0) is 19.3 Å². The average Bonchev–Trinajstić information content (AvgIpc) is 3.61. The molecule has 0 saturated heterocycles. The number of fused-ring (bicyclic) bond motifs is 8. The van der Waals surface area contributed by atoms with Crippen molar-refractivity contribution in [2.24, 2.45) is 0 Å². The van der Waals surface area contributed by atoms with Crippen LogP contribution in [0.5, 0.6) is 5.75 Å². The van der Waals surface area contributed by atoms with E-state index in [1.165, 1.54) is 50.0 Å². The molecule has 39 heavy (non-hydrogen) atoms. The summed E-state index contributed by atoms with van der Waals surface area (Å²) in [4.78, 5) is 14.9. The first-order chi connectivity index (χ1) is 18.7. The molecule has 5 N–H and O–H groups in total. The van der Waals surface area contributed by atoms with Gasteiger partial charge >= 0.3 is 0 Å².